The lowest BCUT2D eigenvalue weighted by Gasteiger charge is -2.09. The van der Waals surface area contributed by atoms with Gasteiger partial charge in [-0.25, -0.2) is 9.78 Å². The van der Waals surface area contributed by atoms with Crippen molar-refractivity contribution in [3.8, 4) is 5.88 Å². The number of carbonyl (C=O) groups is 1. The second kappa shape index (κ2) is 4.88. The Labute approximate surface area is 98.3 Å². The number of nitrogens with zero attached hydrogens (tertiary/aromatic N) is 2. The second-order valence-corrected chi connectivity index (χ2v) is 3.75. The smallest absolute Gasteiger partial charge is 0.344 e. The zero-order valence-corrected chi connectivity index (χ0v) is 9.67. The molecule has 0 bridgehead atoms. The summed E-state index contributed by atoms with van der Waals surface area (Å²) in [7, 11) is 0. The summed E-state index contributed by atoms with van der Waals surface area (Å²) in [4.78, 5) is 24.1. The van der Waals surface area contributed by atoms with Gasteiger partial charge in [0.15, 0.2) is 6.10 Å². The van der Waals surface area contributed by atoms with Gasteiger partial charge in [0.2, 0.25) is 0 Å². The largest absolute Gasteiger partial charge is 0.479 e. The molecule has 8 heteroatoms. The molecule has 0 fully saturated rings. The van der Waals surface area contributed by atoms with E-state index in [0.29, 0.717) is 4.47 Å². The molecule has 0 saturated carbocycles. The van der Waals surface area contributed by atoms with Gasteiger partial charge in [-0.15, -0.1) is 0 Å². The van der Waals surface area contributed by atoms with Crippen LogP contribution in [0.25, 0.3) is 0 Å². The molecule has 0 aliphatic carbocycles. The number of ether oxygens (including phenoxy) is 1. The lowest BCUT2D eigenvalue weighted by atomic mass is 10.4. The van der Waals surface area contributed by atoms with Crippen LogP contribution in [0.15, 0.2) is 16.7 Å². The van der Waals surface area contributed by atoms with Crippen LogP contribution in [0, 0.1) is 10.1 Å². The first-order valence-corrected chi connectivity index (χ1v) is 4.90. The third kappa shape index (κ3) is 2.89. The predicted molar refractivity (Wildman–Crippen MR) is 56.3 cm³/mol. The molecule has 0 amide bonds. The summed E-state index contributed by atoms with van der Waals surface area (Å²) >= 11 is 3.02. The van der Waals surface area contributed by atoms with Gasteiger partial charge in [0, 0.05) is 16.7 Å². The molecule has 0 radical (unpaired) electrons. The number of nitro groups is 1. The molecule has 0 aromatic carbocycles. The van der Waals surface area contributed by atoms with Gasteiger partial charge in [0.1, 0.15) is 0 Å². The molecule has 1 aromatic heterocycles. The Balaban J connectivity index is 3.04. The van der Waals surface area contributed by atoms with Crippen LogP contribution in [0.4, 0.5) is 5.69 Å². The van der Waals surface area contributed by atoms with Gasteiger partial charge in [0.05, 0.1) is 4.92 Å². The first-order valence-electron chi connectivity index (χ1n) is 4.11. The van der Waals surface area contributed by atoms with E-state index in [1.165, 1.54) is 19.2 Å². The minimum Gasteiger partial charge on any atom is -0.479 e. The number of hydrogen-bond donors (Lipinski definition) is 1. The summed E-state index contributed by atoms with van der Waals surface area (Å²) in [5.41, 5.74) is -0.387. The number of carboxylic acids is 1. The third-order valence-electron chi connectivity index (χ3n) is 1.63. The van der Waals surface area contributed by atoms with Crippen LogP contribution in [0.3, 0.4) is 0 Å². The Morgan fingerprint density at radius 3 is 2.88 bits per heavy atom. The van der Waals surface area contributed by atoms with Crippen LogP contribution in [0.2, 0.25) is 0 Å². The molecule has 0 aliphatic rings. The molecule has 1 atom stereocenters. The van der Waals surface area contributed by atoms with Crippen LogP contribution in [0.5, 0.6) is 5.88 Å². The SMILES string of the molecule is C[C@H](Oc1ncc(Br)cc1[N+](=O)[O-])C(=O)O. The van der Waals surface area contributed by atoms with Gasteiger partial charge >= 0.3 is 11.7 Å². The summed E-state index contributed by atoms with van der Waals surface area (Å²) in [5.74, 6) is -1.54. The molecule has 7 nitrogen and oxygen atoms in total. The van der Waals surface area contributed by atoms with Crippen LogP contribution in [-0.2, 0) is 4.79 Å². The van der Waals surface area contributed by atoms with E-state index in [4.69, 9.17) is 9.84 Å². The molecule has 0 spiro atoms. The van der Waals surface area contributed by atoms with Gasteiger partial charge < -0.3 is 9.84 Å². The highest BCUT2D eigenvalue weighted by Crippen LogP contribution is 2.27. The Morgan fingerprint density at radius 1 is 1.75 bits per heavy atom. The van der Waals surface area contributed by atoms with Crippen molar-refractivity contribution in [3.63, 3.8) is 0 Å². The maximum absolute atomic E-state index is 10.6. The van der Waals surface area contributed by atoms with Gasteiger partial charge in [0.25, 0.3) is 5.88 Å². The van der Waals surface area contributed by atoms with Gasteiger partial charge in [-0.2, -0.15) is 0 Å². The van der Waals surface area contributed by atoms with Crippen LogP contribution in [0.1, 0.15) is 6.92 Å². The van der Waals surface area contributed by atoms with Gasteiger partial charge in [-0.05, 0) is 22.9 Å². The molecule has 1 heterocycles. The minimum atomic E-state index is -1.22. The van der Waals surface area contributed by atoms with E-state index >= 15 is 0 Å². The normalized spacial score (nSPS) is 11.9. The molecule has 1 N–H and O–H groups in total. The highest BCUT2D eigenvalue weighted by molar-refractivity contribution is 9.10. The van der Waals surface area contributed by atoms with Crippen molar-refractivity contribution in [1.82, 2.24) is 4.98 Å². The Morgan fingerprint density at radius 2 is 2.38 bits per heavy atom. The van der Waals surface area contributed by atoms with Crippen LogP contribution in [-0.4, -0.2) is 27.1 Å². The maximum atomic E-state index is 10.6. The molecule has 0 aliphatic heterocycles. The zero-order chi connectivity index (χ0) is 12.3. The minimum absolute atomic E-state index is 0.317. The lowest BCUT2D eigenvalue weighted by Crippen LogP contribution is -2.23. The standard InChI is InChI=1S/C8H7BrN2O5/c1-4(8(12)13)16-7-6(11(14)15)2-5(9)3-10-7/h2-4H,1H3,(H,12,13)/t4-/m0/s1. The molecule has 86 valence electrons. The average molecular weight is 291 g/mol. The Hall–Kier alpha value is -1.70. The third-order valence-corrected chi connectivity index (χ3v) is 2.07. The first-order chi connectivity index (χ1) is 7.41. The molecule has 1 rings (SSSR count). The summed E-state index contributed by atoms with van der Waals surface area (Å²) in [5, 5.41) is 19.2. The number of aliphatic carboxylic acids is 1. The van der Waals surface area contributed by atoms with Crippen molar-refractivity contribution in [3.05, 3.63) is 26.9 Å². The van der Waals surface area contributed by atoms with Crippen LogP contribution >= 0.6 is 15.9 Å². The molecule has 16 heavy (non-hydrogen) atoms. The Bertz CT molecular complexity index is 436. The molecular weight excluding hydrogens is 284 g/mol. The quantitative estimate of drug-likeness (QED) is 0.667. The predicted octanol–water partition coefficient (Wildman–Crippen LogP) is 1.60. The van der Waals surface area contributed by atoms with Crippen LogP contribution < -0.4 is 4.74 Å². The monoisotopic (exact) mass is 290 g/mol. The number of pyridine rings is 1. The van der Waals surface area contributed by atoms with E-state index in [9.17, 15) is 14.9 Å². The fourth-order valence-corrected chi connectivity index (χ4v) is 1.17. The molecule has 0 unspecified atom stereocenters. The summed E-state index contributed by atoms with van der Waals surface area (Å²) < 4.78 is 5.26. The summed E-state index contributed by atoms with van der Waals surface area (Å²) in [6.07, 6.45) is 0.0871. The van der Waals surface area contributed by atoms with Crippen molar-refractivity contribution in [2.75, 3.05) is 0 Å². The van der Waals surface area contributed by atoms with E-state index in [-0.39, 0.29) is 11.6 Å². The average Bonchev–Trinajstić information content (AvgIpc) is 2.20. The summed E-state index contributed by atoms with van der Waals surface area (Å²) in [6.45, 7) is 1.26. The lowest BCUT2D eigenvalue weighted by molar-refractivity contribution is -0.386. The van der Waals surface area contributed by atoms with Crippen molar-refractivity contribution >= 4 is 27.6 Å². The summed E-state index contributed by atoms with van der Waals surface area (Å²) in [6, 6.07) is 1.19. The number of rotatable bonds is 4. The number of carboxylic acid groups (broad SMARTS) is 1. The fourth-order valence-electron chi connectivity index (χ4n) is 0.855. The van der Waals surface area contributed by atoms with E-state index in [2.05, 4.69) is 20.9 Å². The number of aromatic nitrogens is 1. The van der Waals surface area contributed by atoms with E-state index < -0.39 is 17.0 Å². The van der Waals surface area contributed by atoms with E-state index in [1.54, 1.807) is 0 Å². The highest BCUT2D eigenvalue weighted by Gasteiger charge is 2.22. The van der Waals surface area contributed by atoms with Gasteiger partial charge in [-0.1, -0.05) is 0 Å². The molecular formula is C8H7BrN2O5. The van der Waals surface area contributed by atoms with Crippen molar-refractivity contribution in [2.45, 2.75) is 13.0 Å². The first kappa shape index (κ1) is 12.4. The molecule has 0 saturated heterocycles. The molecule has 1 aromatic rings. The fraction of sp³-hybridized carbons (Fsp3) is 0.250. The Kier molecular flexibility index (Phi) is 3.78. The van der Waals surface area contributed by atoms with Gasteiger partial charge in [-0.3, -0.25) is 10.1 Å². The van der Waals surface area contributed by atoms with E-state index in [1.807, 2.05) is 0 Å². The van der Waals surface area contributed by atoms with Crippen molar-refractivity contribution < 1.29 is 19.6 Å². The second-order valence-electron chi connectivity index (χ2n) is 2.83. The van der Waals surface area contributed by atoms with Crippen molar-refractivity contribution in [2.24, 2.45) is 0 Å². The number of hydrogen-bond acceptors (Lipinski definition) is 5. The highest BCUT2D eigenvalue weighted by atomic mass is 79.9. The topological polar surface area (TPSA) is 103 Å². The maximum Gasteiger partial charge on any atom is 0.344 e. The van der Waals surface area contributed by atoms with E-state index in [0.717, 1.165) is 0 Å². The van der Waals surface area contributed by atoms with Crippen molar-refractivity contribution in [1.29, 1.82) is 0 Å². The number of halogens is 1. The zero-order valence-electron chi connectivity index (χ0n) is 8.08.